The summed E-state index contributed by atoms with van der Waals surface area (Å²) < 4.78 is 0. The molecule has 0 radical (unpaired) electrons. The quantitative estimate of drug-likeness (QED) is 0.280. The number of para-hydroxylation sites is 3. The lowest BCUT2D eigenvalue weighted by molar-refractivity contribution is -0.127. The van der Waals surface area contributed by atoms with E-state index in [0.717, 1.165) is 79.7 Å². The third-order valence-corrected chi connectivity index (χ3v) is 9.29. The van der Waals surface area contributed by atoms with Crippen LogP contribution in [0.1, 0.15) is 76.7 Å². The van der Waals surface area contributed by atoms with Crippen LogP contribution in [0.5, 0.6) is 0 Å². The first-order chi connectivity index (χ1) is 20.0. The van der Waals surface area contributed by atoms with E-state index in [0.29, 0.717) is 0 Å². The zero-order valence-electron chi connectivity index (χ0n) is 24.1. The van der Waals surface area contributed by atoms with Crippen molar-refractivity contribution in [2.45, 2.75) is 82.8 Å². The third kappa shape index (κ3) is 5.57. The minimum atomic E-state index is -0.862. The summed E-state index contributed by atoms with van der Waals surface area (Å²) >= 11 is 0. The summed E-state index contributed by atoms with van der Waals surface area (Å²) in [5.41, 5.74) is 3.81. The molecule has 1 unspecified atom stereocenters. The molecule has 1 heterocycles. The van der Waals surface area contributed by atoms with Gasteiger partial charge in [-0.15, -0.1) is 0 Å². The van der Waals surface area contributed by atoms with Gasteiger partial charge in [0.1, 0.15) is 5.66 Å². The van der Waals surface area contributed by atoms with Gasteiger partial charge in [-0.25, -0.2) is 0 Å². The summed E-state index contributed by atoms with van der Waals surface area (Å²) in [5.74, 6) is -0.0679. The highest BCUT2D eigenvalue weighted by molar-refractivity contribution is 5.98. The molecule has 6 nitrogen and oxygen atoms in total. The molecule has 2 saturated carbocycles. The van der Waals surface area contributed by atoms with Crippen LogP contribution in [0.2, 0.25) is 0 Å². The molecule has 0 bridgehead atoms. The first-order valence-corrected chi connectivity index (χ1v) is 15.5. The maximum Gasteiger partial charge on any atom is 0.235 e. The number of carbonyl (C=O) groups excluding carboxylic acids is 2. The van der Waals surface area contributed by atoms with Crippen LogP contribution >= 0.6 is 0 Å². The minimum absolute atomic E-state index is 0.112. The van der Waals surface area contributed by atoms with E-state index < -0.39 is 5.66 Å². The molecule has 0 aromatic heterocycles. The molecule has 2 amide bonds. The van der Waals surface area contributed by atoms with E-state index in [1.165, 1.54) is 19.8 Å². The van der Waals surface area contributed by atoms with Crippen molar-refractivity contribution in [3.63, 3.8) is 0 Å². The Morgan fingerprint density at radius 3 is 2.02 bits per heavy atom. The van der Waals surface area contributed by atoms with E-state index in [-0.39, 0.29) is 29.7 Å². The molecule has 3 N–H and O–H groups in total. The average Bonchev–Trinajstić information content (AvgIpc) is 3.39. The molecule has 2 aliphatic carbocycles. The fourth-order valence-corrected chi connectivity index (χ4v) is 7.49. The van der Waals surface area contributed by atoms with Crippen molar-refractivity contribution in [3.8, 4) is 0 Å². The Balaban J connectivity index is 1.51. The first kappa shape index (κ1) is 27.4. The van der Waals surface area contributed by atoms with E-state index in [1.807, 2.05) is 48.5 Å². The molecule has 6 heteroatoms. The van der Waals surface area contributed by atoms with Gasteiger partial charge in [0, 0.05) is 29.9 Å². The second-order valence-electron chi connectivity index (χ2n) is 12.1. The topological polar surface area (TPSA) is 73.5 Å². The number of carbonyl (C=O) groups is 2. The van der Waals surface area contributed by atoms with E-state index >= 15 is 4.79 Å². The summed E-state index contributed by atoms with van der Waals surface area (Å²) in [7, 11) is 0. The second-order valence-corrected chi connectivity index (χ2v) is 12.1. The van der Waals surface area contributed by atoms with Crippen LogP contribution in [0.15, 0.2) is 78.9 Å². The van der Waals surface area contributed by atoms with Gasteiger partial charge in [0.15, 0.2) is 0 Å². The average molecular weight is 551 g/mol. The van der Waals surface area contributed by atoms with E-state index in [4.69, 9.17) is 0 Å². The third-order valence-electron chi connectivity index (χ3n) is 9.29. The monoisotopic (exact) mass is 550 g/mol. The number of benzene rings is 3. The Kier molecular flexibility index (Phi) is 8.00. The van der Waals surface area contributed by atoms with E-state index in [1.54, 1.807) is 0 Å². The van der Waals surface area contributed by atoms with Crippen LogP contribution in [0, 0.1) is 11.8 Å². The lowest BCUT2D eigenvalue weighted by Crippen LogP contribution is -2.58. The van der Waals surface area contributed by atoms with Crippen molar-refractivity contribution < 1.29 is 9.59 Å². The summed E-state index contributed by atoms with van der Waals surface area (Å²) in [6, 6.07) is 26.7. The Labute approximate surface area is 243 Å². The van der Waals surface area contributed by atoms with Gasteiger partial charge in [0.25, 0.3) is 0 Å². The molecule has 2 fully saturated rings. The Hall–Kier alpha value is -3.80. The van der Waals surface area contributed by atoms with Crippen LogP contribution < -0.4 is 20.9 Å². The highest BCUT2D eigenvalue weighted by Crippen LogP contribution is 2.50. The largest absolute Gasteiger partial charge is 0.357 e. The Bertz CT molecular complexity index is 1340. The van der Waals surface area contributed by atoms with Gasteiger partial charge in [-0.3, -0.25) is 9.59 Å². The second kappa shape index (κ2) is 12.0. The summed E-state index contributed by atoms with van der Waals surface area (Å²) in [6.45, 7) is 1.53. The van der Waals surface area contributed by atoms with Gasteiger partial charge >= 0.3 is 0 Å². The number of nitrogens with zero attached hydrogens (tertiary/aromatic N) is 1. The molecule has 0 spiro atoms. The highest BCUT2D eigenvalue weighted by Gasteiger charge is 2.53. The van der Waals surface area contributed by atoms with Gasteiger partial charge in [-0.05, 0) is 68.0 Å². The number of hydrogen-bond acceptors (Lipinski definition) is 4. The zero-order chi connectivity index (χ0) is 28.2. The van der Waals surface area contributed by atoms with Gasteiger partial charge in [-0.1, -0.05) is 81.0 Å². The predicted octanol–water partition coefficient (Wildman–Crippen LogP) is 7.90. The molecule has 3 aromatic rings. The van der Waals surface area contributed by atoms with Crippen molar-refractivity contribution in [3.05, 3.63) is 84.4 Å². The number of anilines is 4. The van der Waals surface area contributed by atoms with Gasteiger partial charge < -0.3 is 20.9 Å². The lowest BCUT2D eigenvalue weighted by atomic mass is 9.70. The fourth-order valence-electron chi connectivity index (χ4n) is 7.49. The zero-order valence-corrected chi connectivity index (χ0v) is 24.1. The summed E-state index contributed by atoms with van der Waals surface area (Å²) in [4.78, 5) is 29.6. The van der Waals surface area contributed by atoms with Crippen LogP contribution in [0.3, 0.4) is 0 Å². The van der Waals surface area contributed by atoms with Gasteiger partial charge in [0.05, 0.1) is 17.3 Å². The number of rotatable bonds is 7. The highest BCUT2D eigenvalue weighted by atomic mass is 16.2. The van der Waals surface area contributed by atoms with Crippen LogP contribution in [0.4, 0.5) is 22.7 Å². The predicted molar refractivity (Wildman–Crippen MR) is 167 cm³/mol. The van der Waals surface area contributed by atoms with Crippen molar-refractivity contribution in [2.24, 2.45) is 11.8 Å². The fraction of sp³-hybridized carbons (Fsp3) is 0.429. The van der Waals surface area contributed by atoms with Crippen molar-refractivity contribution in [1.82, 2.24) is 0 Å². The first-order valence-electron chi connectivity index (χ1n) is 15.5. The number of nitrogens with one attached hydrogen (secondary N) is 3. The van der Waals surface area contributed by atoms with Crippen molar-refractivity contribution in [2.75, 3.05) is 20.9 Å². The lowest BCUT2D eigenvalue weighted by Gasteiger charge is -2.47. The molecule has 0 saturated heterocycles. The smallest absolute Gasteiger partial charge is 0.235 e. The molecule has 1 atom stereocenters. The summed E-state index contributed by atoms with van der Waals surface area (Å²) in [5, 5.41) is 10.7. The number of fused-ring (bicyclic) bond motifs is 1. The molecule has 214 valence electrons. The molecule has 3 aliphatic rings. The van der Waals surface area contributed by atoms with Crippen LogP contribution in [-0.2, 0) is 15.3 Å². The minimum Gasteiger partial charge on any atom is -0.357 e. The normalized spacial score (nSPS) is 19.3. The Morgan fingerprint density at radius 1 is 0.780 bits per heavy atom. The maximum atomic E-state index is 15.4. The van der Waals surface area contributed by atoms with E-state index in [9.17, 15) is 4.79 Å². The number of amides is 2. The molecular formula is C35H42N4O2. The maximum absolute atomic E-state index is 15.4. The standard InChI is InChI=1S/C35H42N4O2/c1-25(40)36-28-17-13-16-27(24-28)35(37-31-22-11-12-23-32(31)38-35)33(26-14-5-2-6-15-26)34(41)39(29-18-7-3-8-19-29)30-20-9-4-10-21-30/h3,7-8,11-13,16-19,22-24,26,30,33,37-38H,2,4-6,9-10,14-15,20-21H2,1H3,(H,36,40). The van der Waals surface area contributed by atoms with Crippen LogP contribution in [-0.4, -0.2) is 17.9 Å². The van der Waals surface area contributed by atoms with E-state index in [2.05, 4.69) is 51.2 Å². The Morgan fingerprint density at radius 2 is 1.39 bits per heavy atom. The van der Waals surface area contributed by atoms with Crippen LogP contribution in [0.25, 0.3) is 0 Å². The molecule has 41 heavy (non-hydrogen) atoms. The molecular weight excluding hydrogens is 508 g/mol. The van der Waals surface area contributed by atoms with Crippen molar-refractivity contribution in [1.29, 1.82) is 0 Å². The summed E-state index contributed by atoms with van der Waals surface area (Å²) in [6.07, 6.45) is 11.1. The van der Waals surface area contributed by atoms with Gasteiger partial charge in [0.2, 0.25) is 11.8 Å². The van der Waals surface area contributed by atoms with Gasteiger partial charge in [-0.2, -0.15) is 0 Å². The molecule has 3 aromatic carbocycles. The SMILES string of the molecule is CC(=O)Nc1cccc(C2(C(C(=O)N(c3ccccc3)C3CCCCC3)C3CCCCC3)Nc3ccccc3N2)c1. The number of hydrogen-bond donors (Lipinski definition) is 3. The molecule has 1 aliphatic heterocycles. The van der Waals surface area contributed by atoms with Crippen molar-refractivity contribution >= 4 is 34.6 Å². The molecule has 6 rings (SSSR count).